The molecule has 1 saturated heterocycles. The van der Waals surface area contributed by atoms with E-state index in [1.807, 2.05) is 13.0 Å². The third-order valence-corrected chi connectivity index (χ3v) is 7.07. The number of aryl methyl sites for hydroxylation is 1. The van der Waals surface area contributed by atoms with E-state index in [0.717, 1.165) is 29.6 Å². The largest absolute Gasteiger partial charge is 0.352 e. The molecule has 1 unspecified atom stereocenters. The molecule has 27 heavy (non-hydrogen) atoms. The highest BCUT2D eigenvalue weighted by molar-refractivity contribution is 7.91. The van der Waals surface area contributed by atoms with E-state index in [0.29, 0.717) is 36.0 Å². The number of sulfone groups is 1. The van der Waals surface area contributed by atoms with Crippen LogP contribution in [0.1, 0.15) is 66.8 Å². The van der Waals surface area contributed by atoms with Crippen molar-refractivity contribution in [1.29, 1.82) is 0 Å². The second-order valence-corrected chi connectivity index (χ2v) is 10.5. The van der Waals surface area contributed by atoms with Crippen molar-refractivity contribution in [3.8, 4) is 0 Å². The van der Waals surface area contributed by atoms with E-state index in [-0.39, 0.29) is 23.5 Å². The molecule has 1 N–H and O–H groups in total. The maximum Gasteiger partial charge on any atom is 0.252 e. The number of aromatic nitrogens is 3. The number of pyridine rings is 1. The Morgan fingerprint density at radius 2 is 2.07 bits per heavy atom. The van der Waals surface area contributed by atoms with Crippen molar-refractivity contribution < 1.29 is 13.2 Å². The first-order valence-corrected chi connectivity index (χ1v) is 11.5. The molecule has 2 aliphatic rings. The molecule has 2 aromatic heterocycles. The molecule has 1 aliphatic heterocycles. The second kappa shape index (κ2) is 6.58. The molecule has 146 valence electrons. The van der Waals surface area contributed by atoms with Gasteiger partial charge in [0.05, 0.1) is 34.2 Å². The smallest absolute Gasteiger partial charge is 0.252 e. The van der Waals surface area contributed by atoms with Crippen LogP contribution in [0.3, 0.4) is 0 Å². The predicted octanol–water partition coefficient (Wildman–Crippen LogP) is 2.36. The van der Waals surface area contributed by atoms with Crippen LogP contribution in [-0.2, 0) is 9.84 Å². The lowest BCUT2D eigenvalue weighted by Crippen LogP contribution is -2.27. The van der Waals surface area contributed by atoms with Crippen molar-refractivity contribution in [2.24, 2.45) is 5.92 Å². The third kappa shape index (κ3) is 3.59. The SMILES string of the molecule is Cc1nn(C2CCS(=O)(=O)C2)c2nc(C3CC3)cc(C(=O)NCC(C)C)c12. The highest BCUT2D eigenvalue weighted by Crippen LogP contribution is 2.41. The van der Waals surface area contributed by atoms with E-state index in [9.17, 15) is 13.2 Å². The van der Waals surface area contributed by atoms with Crippen LogP contribution in [0.4, 0.5) is 0 Å². The van der Waals surface area contributed by atoms with Crippen LogP contribution >= 0.6 is 0 Å². The summed E-state index contributed by atoms with van der Waals surface area (Å²) in [6.07, 6.45) is 2.70. The quantitative estimate of drug-likeness (QED) is 0.846. The van der Waals surface area contributed by atoms with Gasteiger partial charge in [-0.15, -0.1) is 0 Å². The molecular weight excluding hydrogens is 364 g/mol. The van der Waals surface area contributed by atoms with Crippen LogP contribution in [0.5, 0.6) is 0 Å². The first-order chi connectivity index (χ1) is 12.7. The number of nitrogens with one attached hydrogen (secondary N) is 1. The Morgan fingerprint density at radius 1 is 1.33 bits per heavy atom. The van der Waals surface area contributed by atoms with E-state index in [1.54, 1.807) is 4.68 Å². The van der Waals surface area contributed by atoms with Gasteiger partial charge in [-0.25, -0.2) is 18.1 Å². The molecule has 2 fully saturated rings. The van der Waals surface area contributed by atoms with Gasteiger partial charge in [-0.1, -0.05) is 13.8 Å². The number of carbonyl (C=O) groups excluding carboxylic acids is 1. The minimum Gasteiger partial charge on any atom is -0.352 e. The normalized spacial score (nSPS) is 21.9. The van der Waals surface area contributed by atoms with Gasteiger partial charge in [0.2, 0.25) is 0 Å². The summed E-state index contributed by atoms with van der Waals surface area (Å²) in [5.74, 6) is 0.915. The Labute approximate surface area is 159 Å². The number of hydrogen-bond donors (Lipinski definition) is 1. The molecule has 0 aromatic carbocycles. The van der Waals surface area contributed by atoms with Gasteiger partial charge >= 0.3 is 0 Å². The number of rotatable bonds is 5. The molecular formula is C19H26N4O3S. The Kier molecular flexibility index (Phi) is 4.49. The lowest BCUT2D eigenvalue weighted by atomic mass is 10.1. The minimum atomic E-state index is -3.03. The lowest BCUT2D eigenvalue weighted by molar-refractivity contribution is 0.0950. The Morgan fingerprint density at radius 3 is 2.67 bits per heavy atom. The van der Waals surface area contributed by atoms with Crippen molar-refractivity contribution >= 4 is 26.8 Å². The summed E-state index contributed by atoms with van der Waals surface area (Å²) in [5, 5.41) is 8.34. The monoisotopic (exact) mass is 390 g/mol. The van der Waals surface area contributed by atoms with Crippen LogP contribution < -0.4 is 5.32 Å². The molecule has 1 atom stereocenters. The second-order valence-electron chi connectivity index (χ2n) is 8.26. The van der Waals surface area contributed by atoms with Crippen molar-refractivity contribution in [3.05, 3.63) is 23.0 Å². The van der Waals surface area contributed by atoms with Crippen LogP contribution in [0.15, 0.2) is 6.07 Å². The fourth-order valence-electron chi connectivity index (χ4n) is 3.71. The molecule has 7 nitrogen and oxygen atoms in total. The van der Waals surface area contributed by atoms with E-state index in [2.05, 4.69) is 24.3 Å². The summed E-state index contributed by atoms with van der Waals surface area (Å²) >= 11 is 0. The van der Waals surface area contributed by atoms with Gasteiger partial charge in [0, 0.05) is 18.2 Å². The van der Waals surface area contributed by atoms with Gasteiger partial charge in [-0.05, 0) is 38.2 Å². The van der Waals surface area contributed by atoms with Crippen molar-refractivity contribution in [2.45, 2.75) is 52.0 Å². The third-order valence-electron chi connectivity index (χ3n) is 5.32. The summed E-state index contributed by atoms with van der Waals surface area (Å²) < 4.78 is 25.6. The molecule has 3 heterocycles. The Balaban J connectivity index is 1.82. The zero-order chi connectivity index (χ0) is 19.3. The average molecular weight is 391 g/mol. The molecule has 8 heteroatoms. The summed E-state index contributed by atoms with van der Waals surface area (Å²) in [6, 6.07) is 1.69. The van der Waals surface area contributed by atoms with Crippen molar-refractivity contribution in [1.82, 2.24) is 20.1 Å². The first kappa shape index (κ1) is 18.4. The van der Waals surface area contributed by atoms with E-state index in [1.165, 1.54) is 0 Å². The molecule has 2 aromatic rings. The van der Waals surface area contributed by atoms with Crippen LogP contribution in [0, 0.1) is 12.8 Å². The number of amides is 1. The van der Waals surface area contributed by atoms with Crippen molar-refractivity contribution in [2.75, 3.05) is 18.1 Å². The molecule has 0 bridgehead atoms. The highest BCUT2D eigenvalue weighted by Gasteiger charge is 2.34. The van der Waals surface area contributed by atoms with E-state index in [4.69, 9.17) is 4.98 Å². The summed E-state index contributed by atoms with van der Waals surface area (Å²) in [6.45, 7) is 6.58. The van der Waals surface area contributed by atoms with Gasteiger partial charge in [-0.2, -0.15) is 5.10 Å². The predicted molar refractivity (Wildman–Crippen MR) is 104 cm³/mol. The molecule has 1 aliphatic carbocycles. The Hall–Kier alpha value is -1.96. The number of hydrogen-bond acceptors (Lipinski definition) is 5. The molecule has 4 rings (SSSR count). The van der Waals surface area contributed by atoms with Crippen molar-refractivity contribution in [3.63, 3.8) is 0 Å². The Bertz CT molecular complexity index is 1010. The average Bonchev–Trinajstić information content (AvgIpc) is 3.32. The summed E-state index contributed by atoms with van der Waals surface area (Å²) in [4.78, 5) is 17.7. The zero-order valence-corrected chi connectivity index (χ0v) is 16.8. The molecule has 1 saturated carbocycles. The van der Waals surface area contributed by atoms with Crippen LogP contribution in [-0.4, -0.2) is 47.1 Å². The topological polar surface area (TPSA) is 93.9 Å². The number of carbonyl (C=O) groups is 1. The molecule has 1 amide bonds. The lowest BCUT2D eigenvalue weighted by Gasteiger charge is -2.12. The van der Waals surface area contributed by atoms with Gasteiger partial charge in [-0.3, -0.25) is 4.79 Å². The van der Waals surface area contributed by atoms with Crippen LogP contribution in [0.25, 0.3) is 11.0 Å². The summed E-state index contributed by atoms with van der Waals surface area (Å²) in [5.41, 5.74) is 2.89. The van der Waals surface area contributed by atoms with E-state index < -0.39 is 9.84 Å². The van der Waals surface area contributed by atoms with Gasteiger partial charge < -0.3 is 5.32 Å². The van der Waals surface area contributed by atoms with Crippen LogP contribution in [0.2, 0.25) is 0 Å². The fraction of sp³-hybridized carbons (Fsp3) is 0.632. The summed E-state index contributed by atoms with van der Waals surface area (Å²) in [7, 11) is -3.03. The maximum absolute atomic E-state index is 12.9. The number of nitrogens with zero attached hydrogens (tertiary/aromatic N) is 3. The van der Waals surface area contributed by atoms with Gasteiger partial charge in [0.15, 0.2) is 15.5 Å². The van der Waals surface area contributed by atoms with E-state index >= 15 is 0 Å². The maximum atomic E-state index is 12.9. The fourth-order valence-corrected chi connectivity index (χ4v) is 5.41. The standard InChI is InChI=1S/C19H26N4O3S/c1-11(2)9-20-19(24)15-8-16(13-4-5-13)21-18-17(15)12(3)22-23(18)14-6-7-27(25,26)10-14/h8,11,13-14H,4-7,9-10H2,1-3H3,(H,20,24). The minimum absolute atomic E-state index is 0.0907. The first-order valence-electron chi connectivity index (χ1n) is 9.63. The highest BCUT2D eigenvalue weighted by atomic mass is 32.2. The van der Waals surface area contributed by atoms with Gasteiger partial charge in [0.25, 0.3) is 5.91 Å². The zero-order valence-electron chi connectivity index (χ0n) is 16.0. The number of fused-ring (bicyclic) bond motifs is 1. The van der Waals surface area contributed by atoms with Gasteiger partial charge in [0.1, 0.15) is 0 Å². The molecule has 0 radical (unpaired) electrons. The molecule has 0 spiro atoms.